The van der Waals surface area contributed by atoms with Gasteiger partial charge in [-0.1, -0.05) is 0 Å². The van der Waals surface area contributed by atoms with Gasteiger partial charge < -0.3 is 19.7 Å². The molecule has 1 saturated carbocycles. The predicted octanol–water partition coefficient (Wildman–Crippen LogP) is 5.12. The highest BCUT2D eigenvalue weighted by Gasteiger charge is 2.24. The number of ether oxygens (including phenoxy) is 2. The number of anilines is 2. The molecule has 0 radical (unpaired) electrons. The summed E-state index contributed by atoms with van der Waals surface area (Å²) >= 11 is 0. The summed E-state index contributed by atoms with van der Waals surface area (Å²) in [5.74, 6) is 1.30. The van der Waals surface area contributed by atoms with Crippen LogP contribution in [-0.2, 0) is 19.3 Å². The number of halogens is 1. The summed E-state index contributed by atoms with van der Waals surface area (Å²) in [6.07, 6.45) is 5.17. The molecular weight excluding hydrogens is 521 g/mol. The van der Waals surface area contributed by atoms with Crippen molar-refractivity contribution >= 4 is 43.7 Å². The van der Waals surface area contributed by atoms with Gasteiger partial charge in [0.05, 0.1) is 38.8 Å². The van der Waals surface area contributed by atoms with E-state index in [1.54, 1.807) is 24.1 Å². The highest BCUT2D eigenvalue weighted by Crippen LogP contribution is 2.35. The number of carbonyl (C=O) groups excluding carboxylic acids is 1. The summed E-state index contributed by atoms with van der Waals surface area (Å²) in [7, 11) is -0.744. The zero-order chi connectivity index (χ0) is 27.6. The average molecular weight is 556 g/mol. The van der Waals surface area contributed by atoms with E-state index in [9.17, 15) is 13.4 Å². The van der Waals surface area contributed by atoms with E-state index in [4.69, 9.17) is 9.47 Å². The van der Waals surface area contributed by atoms with Crippen LogP contribution in [0.25, 0.3) is 10.9 Å². The Bertz CT molecular complexity index is 1480. The van der Waals surface area contributed by atoms with E-state index in [1.165, 1.54) is 25.4 Å². The first-order chi connectivity index (χ1) is 18.7. The van der Waals surface area contributed by atoms with Gasteiger partial charge in [0.25, 0.3) is 0 Å². The summed E-state index contributed by atoms with van der Waals surface area (Å²) in [6, 6.07) is 8.10. The van der Waals surface area contributed by atoms with Gasteiger partial charge in [-0.2, -0.15) is 4.36 Å². The van der Waals surface area contributed by atoms with Gasteiger partial charge in [0, 0.05) is 50.1 Å². The van der Waals surface area contributed by atoms with Crippen LogP contribution in [0.1, 0.15) is 38.2 Å². The van der Waals surface area contributed by atoms with Crippen LogP contribution >= 0.6 is 0 Å². The first-order valence-corrected chi connectivity index (χ1v) is 15.1. The van der Waals surface area contributed by atoms with E-state index < -0.39 is 9.73 Å². The Morgan fingerprint density at radius 1 is 1.10 bits per heavy atom. The number of aromatic nitrogens is 2. The molecule has 2 aromatic carbocycles. The van der Waals surface area contributed by atoms with Gasteiger partial charge in [-0.15, -0.1) is 0 Å². The molecule has 39 heavy (non-hydrogen) atoms. The largest absolute Gasteiger partial charge is 0.488 e. The van der Waals surface area contributed by atoms with E-state index in [0.717, 1.165) is 36.6 Å². The Kier molecular flexibility index (Phi) is 7.99. The maximum atomic E-state index is 14.2. The van der Waals surface area contributed by atoms with Gasteiger partial charge in [0.15, 0.2) is 0 Å². The lowest BCUT2D eigenvalue weighted by Crippen LogP contribution is -2.42. The fourth-order valence-corrected chi connectivity index (χ4v) is 7.12. The summed E-state index contributed by atoms with van der Waals surface area (Å²) in [5.41, 5.74) is 2.71. The molecule has 208 valence electrons. The Morgan fingerprint density at radius 2 is 1.82 bits per heavy atom. The highest BCUT2D eigenvalue weighted by molar-refractivity contribution is 7.93. The van der Waals surface area contributed by atoms with Crippen LogP contribution in [0.15, 0.2) is 41.0 Å². The van der Waals surface area contributed by atoms with Crippen LogP contribution in [0.4, 0.5) is 21.6 Å². The van der Waals surface area contributed by atoms with Gasteiger partial charge in [0.1, 0.15) is 23.7 Å². The summed E-state index contributed by atoms with van der Waals surface area (Å²) in [6.45, 7) is 4.33. The topological polar surface area (TPSA) is 106 Å². The number of carbonyl (C=O) groups is 1. The molecule has 3 aromatic rings. The lowest BCUT2D eigenvalue weighted by Gasteiger charge is -2.28. The molecule has 1 aromatic heterocycles. The van der Waals surface area contributed by atoms with Crippen molar-refractivity contribution in [3.8, 4) is 5.75 Å². The molecular formula is C28H34FN5O4S. The number of nitrogens with zero attached hydrogens (tertiary/aromatic N) is 4. The molecule has 5 rings (SSSR count). The molecule has 0 atom stereocenters. The third kappa shape index (κ3) is 6.30. The van der Waals surface area contributed by atoms with Gasteiger partial charge in [0.2, 0.25) is 5.91 Å². The van der Waals surface area contributed by atoms with Crippen LogP contribution < -0.4 is 10.1 Å². The van der Waals surface area contributed by atoms with E-state index in [0.29, 0.717) is 53.1 Å². The summed E-state index contributed by atoms with van der Waals surface area (Å²) in [5, 5.41) is 4.11. The van der Waals surface area contributed by atoms with Gasteiger partial charge >= 0.3 is 0 Å². The number of methoxy groups -OCH3 is 1. The third-order valence-electron chi connectivity index (χ3n) is 7.44. The van der Waals surface area contributed by atoms with Crippen LogP contribution in [0, 0.1) is 12.7 Å². The Balaban J connectivity index is 1.41. The number of hydrogen-bond acceptors (Lipinski definition) is 8. The Morgan fingerprint density at radius 3 is 2.51 bits per heavy atom. The van der Waals surface area contributed by atoms with Crippen molar-refractivity contribution in [2.75, 3.05) is 37.0 Å². The number of benzene rings is 2. The standard InChI is InChI=1S/C28H34FN5O4S/c1-18-14-21(33-39(36)12-10-34(11-13-39)19(2)35)16-25-27(18)28(31-17-30-25)32-24-9-4-20(29)15-26(24)38-23-7-5-22(37-3)6-8-23/h4,9,14-17,22-23H,5-8,10-13H2,1-3H3,(H,30,31,32). The molecule has 2 heterocycles. The molecule has 0 unspecified atom stereocenters. The number of hydrogen-bond donors (Lipinski definition) is 1. The van der Waals surface area contributed by atoms with Crippen LogP contribution in [-0.4, -0.2) is 68.9 Å². The van der Waals surface area contributed by atoms with Gasteiger partial charge in [-0.3, -0.25) is 4.79 Å². The first-order valence-electron chi connectivity index (χ1n) is 13.2. The molecule has 1 amide bonds. The van der Waals surface area contributed by atoms with E-state index in [2.05, 4.69) is 19.6 Å². The predicted molar refractivity (Wildman–Crippen MR) is 150 cm³/mol. The summed E-state index contributed by atoms with van der Waals surface area (Å²) < 4.78 is 43.9. The van der Waals surface area contributed by atoms with Crippen LogP contribution in [0.2, 0.25) is 0 Å². The van der Waals surface area contributed by atoms with Crippen molar-refractivity contribution < 1.29 is 22.9 Å². The van der Waals surface area contributed by atoms with Gasteiger partial charge in [-0.25, -0.2) is 18.6 Å². The smallest absolute Gasteiger partial charge is 0.219 e. The third-order valence-corrected chi connectivity index (χ3v) is 9.63. The molecule has 11 heteroatoms. The number of fused-ring (bicyclic) bond motifs is 1. The van der Waals surface area contributed by atoms with E-state index >= 15 is 0 Å². The monoisotopic (exact) mass is 555 g/mol. The lowest BCUT2D eigenvalue weighted by atomic mass is 9.95. The highest BCUT2D eigenvalue weighted by atomic mass is 32.2. The molecule has 9 nitrogen and oxygen atoms in total. The zero-order valence-electron chi connectivity index (χ0n) is 22.5. The van der Waals surface area contributed by atoms with Crippen molar-refractivity contribution in [3.63, 3.8) is 0 Å². The normalized spacial score (nSPS) is 21.0. The van der Waals surface area contributed by atoms with E-state index in [1.807, 2.05) is 13.0 Å². The average Bonchev–Trinajstić information content (AvgIpc) is 2.90. The molecule has 2 fully saturated rings. The fraction of sp³-hybridized carbons (Fsp3) is 0.464. The molecule has 1 aliphatic heterocycles. The molecule has 1 N–H and O–H groups in total. The number of nitrogens with one attached hydrogen (secondary N) is 1. The Hall–Kier alpha value is -3.31. The fourth-order valence-electron chi connectivity index (χ4n) is 5.23. The Labute approximate surface area is 228 Å². The maximum absolute atomic E-state index is 14.2. The first kappa shape index (κ1) is 27.3. The molecule has 0 bridgehead atoms. The van der Waals surface area contributed by atoms with Gasteiger partial charge in [-0.05, 0) is 62.4 Å². The van der Waals surface area contributed by atoms with E-state index in [-0.39, 0.29) is 23.9 Å². The van der Waals surface area contributed by atoms with Crippen molar-refractivity contribution in [2.45, 2.75) is 51.7 Å². The van der Waals surface area contributed by atoms with Crippen LogP contribution in [0.3, 0.4) is 0 Å². The van der Waals surface area contributed by atoms with Crippen molar-refractivity contribution in [1.82, 2.24) is 14.9 Å². The SMILES string of the molecule is COC1CCC(Oc2cc(F)ccc2Nc2ncnc3cc(N=S4(=O)CCN(C(C)=O)CC4)cc(C)c23)CC1. The van der Waals surface area contributed by atoms with Crippen molar-refractivity contribution in [2.24, 2.45) is 4.36 Å². The lowest BCUT2D eigenvalue weighted by molar-refractivity contribution is -0.128. The second kappa shape index (κ2) is 11.4. The van der Waals surface area contributed by atoms with Crippen molar-refractivity contribution in [3.05, 3.63) is 48.0 Å². The molecule has 1 aliphatic carbocycles. The molecule has 0 spiro atoms. The number of aryl methyl sites for hydroxylation is 1. The minimum atomic E-state index is -2.47. The minimum Gasteiger partial charge on any atom is -0.488 e. The second-order valence-electron chi connectivity index (χ2n) is 10.2. The maximum Gasteiger partial charge on any atom is 0.219 e. The van der Waals surface area contributed by atoms with Crippen LogP contribution in [0.5, 0.6) is 5.75 Å². The number of amides is 1. The summed E-state index contributed by atoms with van der Waals surface area (Å²) in [4.78, 5) is 22.2. The zero-order valence-corrected chi connectivity index (χ0v) is 23.3. The quantitative estimate of drug-likeness (QED) is 0.450. The van der Waals surface area contributed by atoms with Crippen molar-refractivity contribution in [1.29, 1.82) is 0 Å². The second-order valence-corrected chi connectivity index (χ2v) is 12.7. The minimum absolute atomic E-state index is 0.0112. The molecule has 2 aliphatic rings. The number of rotatable bonds is 6. The molecule has 1 saturated heterocycles.